The van der Waals surface area contributed by atoms with Crippen molar-refractivity contribution in [3.8, 4) is 0 Å². The van der Waals surface area contributed by atoms with Crippen LogP contribution in [0.4, 0.5) is 0 Å². The zero-order chi connectivity index (χ0) is 16.5. The third kappa shape index (κ3) is 13.0. The van der Waals surface area contributed by atoms with Gasteiger partial charge < -0.3 is 52.6 Å². The summed E-state index contributed by atoms with van der Waals surface area (Å²) in [5.74, 6) is 0. The average Bonchev–Trinajstić information content (AvgIpc) is 2.37. The molecule has 13 heteroatoms. The summed E-state index contributed by atoms with van der Waals surface area (Å²) in [6.45, 7) is 7.81. The van der Waals surface area contributed by atoms with E-state index in [9.17, 15) is 10.4 Å². The van der Waals surface area contributed by atoms with E-state index in [1.54, 1.807) is 0 Å². The molecule has 0 aromatic heterocycles. The molecular weight excluding hydrogens is 507 g/mol. The van der Waals surface area contributed by atoms with Gasteiger partial charge in [-0.1, -0.05) is 26.2 Å². The van der Waals surface area contributed by atoms with Gasteiger partial charge in [0.15, 0.2) is 0 Å². The third-order valence-corrected chi connectivity index (χ3v) is 3.00. The Hall–Kier alpha value is 0.154. The van der Waals surface area contributed by atoms with E-state index >= 15 is 0 Å². The molecule has 2 heterocycles. The minimum Gasteiger partial charge on any atom is -0.792 e. The Bertz CT molecular complexity index is 329. The number of rotatable bonds is 2. The summed E-state index contributed by atoms with van der Waals surface area (Å²) in [6, 6.07) is 0. The second-order valence-electron chi connectivity index (χ2n) is 5.16. The number of hydrogen-bond acceptors (Lipinski definition) is 8. The number of halogens is 2. The van der Waals surface area contributed by atoms with Gasteiger partial charge in [-0.2, -0.15) is 0 Å². The molecule has 0 aromatic carbocycles. The molecule has 2 rings (SSSR count). The van der Waals surface area contributed by atoms with E-state index in [0.717, 1.165) is 0 Å². The molecule has 0 radical (unpaired) electrons. The van der Waals surface area contributed by atoms with Crippen molar-refractivity contribution in [2.45, 2.75) is 64.7 Å². The molecule has 0 aliphatic carbocycles. The van der Waals surface area contributed by atoms with E-state index in [1.807, 2.05) is 27.7 Å². The normalized spacial score (nSPS) is 34.9. The molecular formula is C12H26Br2N8NiO2-4. The van der Waals surface area contributed by atoms with Crippen molar-refractivity contribution in [3.05, 3.63) is 21.0 Å². The molecule has 2 fully saturated rings. The van der Waals surface area contributed by atoms with E-state index < -0.39 is 0 Å². The van der Waals surface area contributed by atoms with E-state index in [-0.39, 0.29) is 87.4 Å². The Morgan fingerprint density at radius 3 is 1.28 bits per heavy atom. The molecule has 2 saturated heterocycles. The summed E-state index contributed by atoms with van der Waals surface area (Å²) in [7, 11) is 0. The van der Waals surface area contributed by atoms with Crippen LogP contribution in [-0.2, 0) is 16.5 Å². The molecule has 6 unspecified atom stereocenters. The van der Waals surface area contributed by atoms with Gasteiger partial charge in [-0.25, -0.2) is 0 Å². The molecule has 2 aliphatic heterocycles. The van der Waals surface area contributed by atoms with Crippen LogP contribution < -0.4 is 21.3 Å². The standard InChI is InChI=1S/2C6H13N4O.2BrH.Ni/c2*1-4-8-5(2)10-6(9-4)3-7-11;;;/h2*3-6,8-9,11H,1-2H3;2*1H;/q2*-1;;;/p-2. The van der Waals surface area contributed by atoms with Gasteiger partial charge in [0.05, 0.1) is 12.3 Å². The molecule has 0 saturated carbocycles. The van der Waals surface area contributed by atoms with Crippen LogP contribution in [0.1, 0.15) is 27.7 Å². The van der Waals surface area contributed by atoms with Gasteiger partial charge in [0, 0.05) is 16.5 Å². The van der Waals surface area contributed by atoms with Crippen LogP contribution in [0.5, 0.6) is 0 Å². The van der Waals surface area contributed by atoms with Crippen molar-refractivity contribution in [1.29, 1.82) is 0 Å². The SMILES string of the molecule is Br.Br.CC1[N-]C(C=N[O-])NC(C)N1.CC1[N-]C(C=N[O-])NC(C)N1.[Ni]. The van der Waals surface area contributed by atoms with Gasteiger partial charge in [-0.15, -0.1) is 34.0 Å². The number of nitrogens with zero attached hydrogens (tertiary/aromatic N) is 4. The Morgan fingerprint density at radius 1 is 0.720 bits per heavy atom. The van der Waals surface area contributed by atoms with Crippen molar-refractivity contribution < 1.29 is 16.5 Å². The first-order chi connectivity index (χ1) is 10.4. The predicted octanol–water partition coefficient (Wildman–Crippen LogP) is 1.43. The minimum absolute atomic E-state index is 0. The van der Waals surface area contributed by atoms with Gasteiger partial charge >= 0.3 is 0 Å². The monoisotopic (exact) mass is 530 g/mol. The maximum atomic E-state index is 9.86. The Morgan fingerprint density at radius 2 is 1.04 bits per heavy atom. The Kier molecular flexibility index (Phi) is 19.5. The molecule has 25 heavy (non-hydrogen) atoms. The van der Waals surface area contributed by atoms with Crippen LogP contribution in [0.25, 0.3) is 10.6 Å². The molecule has 154 valence electrons. The van der Waals surface area contributed by atoms with Crippen molar-refractivity contribution >= 4 is 46.4 Å². The van der Waals surface area contributed by atoms with Gasteiger partial charge in [0.25, 0.3) is 0 Å². The third-order valence-electron chi connectivity index (χ3n) is 3.00. The van der Waals surface area contributed by atoms with Crippen LogP contribution in [-0.4, -0.2) is 49.4 Å². The van der Waals surface area contributed by atoms with Crippen molar-refractivity contribution in [2.24, 2.45) is 10.3 Å². The Labute approximate surface area is 179 Å². The molecule has 10 nitrogen and oxygen atoms in total. The second kappa shape index (κ2) is 16.3. The largest absolute Gasteiger partial charge is 0.792 e. The van der Waals surface area contributed by atoms with Gasteiger partial charge in [-0.3, -0.25) is 0 Å². The van der Waals surface area contributed by atoms with Crippen LogP contribution in [0.15, 0.2) is 10.3 Å². The fourth-order valence-electron chi connectivity index (χ4n) is 2.26. The van der Waals surface area contributed by atoms with E-state index in [1.165, 1.54) is 12.4 Å². The van der Waals surface area contributed by atoms with Crippen LogP contribution in [0.2, 0.25) is 0 Å². The smallest absolute Gasteiger partial charge is 0.0519 e. The quantitative estimate of drug-likeness (QED) is 0.240. The van der Waals surface area contributed by atoms with Crippen molar-refractivity contribution in [2.75, 3.05) is 0 Å². The first-order valence-corrected chi connectivity index (χ1v) is 7.20. The molecule has 4 N–H and O–H groups in total. The topological polar surface area (TPSA) is 147 Å². The van der Waals surface area contributed by atoms with Gasteiger partial charge in [-0.05, 0) is 38.6 Å². The first-order valence-electron chi connectivity index (χ1n) is 7.20. The number of hydrogen-bond donors (Lipinski definition) is 4. The maximum absolute atomic E-state index is 9.86. The molecule has 2 aliphatic rings. The van der Waals surface area contributed by atoms with Crippen molar-refractivity contribution in [1.82, 2.24) is 21.3 Å². The molecule has 0 aromatic rings. The van der Waals surface area contributed by atoms with Crippen LogP contribution in [0, 0.1) is 10.4 Å². The molecule has 6 atom stereocenters. The molecule has 0 bridgehead atoms. The predicted molar refractivity (Wildman–Crippen MR) is 109 cm³/mol. The van der Waals surface area contributed by atoms with Crippen LogP contribution >= 0.6 is 34.0 Å². The van der Waals surface area contributed by atoms with Gasteiger partial charge in [0.2, 0.25) is 0 Å². The van der Waals surface area contributed by atoms with Crippen LogP contribution in [0.3, 0.4) is 0 Å². The summed E-state index contributed by atoms with van der Waals surface area (Å²) >= 11 is 0. The van der Waals surface area contributed by atoms with Crippen molar-refractivity contribution in [3.63, 3.8) is 0 Å². The second-order valence-corrected chi connectivity index (χ2v) is 5.16. The summed E-state index contributed by atoms with van der Waals surface area (Å²) in [4.78, 5) is 0. The van der Waals surface area contributed by atoms with E-state index in [4.69, 9.17) is 0 Å². The molecule has 0 spiro atoms. The zero-order valence-electron chi connectivity index (χ0n) is 14.4. The van der Waals surface area contributed by atoms with Gasteiger partial charge in [0.1, 0.15) is 0 Å². The summed E-state index contributed by atoms with van der Waals surface area (Å²) in [6.07, 6.45) is 2.54. The average molecular weight is 533 g/mol. The summed E-state index contributed by atoms with van der Waals surface area (Å²) < 4.78 is 0. The zero-order valence-corrected chi connectivity index (χ0v) is 18.8. The first kappa shape index (κ1) is 29.9. The Balaban J connectivity index is -0.000000346. The fraction of sp³-hybridized carbons (Fsp3) is 0.833. The van der Waals surface area contributed by atoms with E-state index in [2.05, 4.69) is 42.2 Å². The summed E-state index contributed by atoms with van der Waals surface area (Å²) in [5.41, 5.74) is 0. The summed E-state index contributed by atoms with van der Waals surface area (Å²) in [5, 5.41) is 45.7. The maximum Gasteiger partial charge on any atom is 0.0519 e. The number of nitrogens with one attached hydrogen (secondary N) is 4. The minimum atomic E-state index is -0.237. The fourth-order valence-corrected chi connectivity index (χ4v) is 2.26. The van der Waals surface area contributed by atoms with E-state index in [0.29, 0.717) is 0 Å². The molecule has 0 amide bonds.